The topological polar surface area (TPSA) is 30.9 Å². The molecule has 0 atom stereocenters. The van der Waals surface area contributed by atoms with E-state index in [4.69, 9.17) is 5.73 Å². The highest BCUT2D eigenvalue weighted by Gasteiger charge is 2.31. The first-order chi connectivity index (χ1) is 9.34. The SMILES string of the molecule is CC(C)n1c(CCCN)cc2ccc(C(F)(F)F)cc21. The molecular weight excluding hydrogens is 265 g/mol. The Labute approximate surface area is 116 Å². The van der Waals surface area contributed by atoms with E-state index in [-0.39, 0.29) is 6.04 Å². The third-order valence-corrected chi connectivity index (χ3v) is 3.40. The molecule has 5 heteroatoms. The molecule has 0 fully saturated rings. The molecule has 1 aromatic carbocycles. The summed E-state index contributed by atoms with van der Waals surface area (Å²) < 4.78 is 40.5. The number of rotatable bonds is 4. The van der Waals surface area contributed by atoms with Crippen molar-refractivity contribution in [1.82, 2.24) is 4.57 Å². The van der Waals surface area contributed by atoms with Gasteiger partial charge in [-0.3, -0.25) is 0 Å². The van der Waals surface area contributed by atoms with E-state index < -0.39 is 11.7 Å². The molecule has 1 heterocycles. The molecule has 0 saturated carbocycles. The number of aryl methyl sites for hydroxylation is 1. The van der Waals surface area contributed by atoms with Crippen LogP contribution in [-0.2, 0) is 12.6 Å². The quantitative estimate of drug-likeness (QED) is 0.899. The molecule has 0 unspecified atom stereocenters. The fourth-order valence-corrected chi connectivity index (χ4v) is 2.54. The van der Waals surface area contributed by atoms with E-state index in [0.717, 1.165) is 30.0 Å². The van der Waals surface area contributed by atoms with Crippen LogP contribution < -0.4 is 5.73 Å². The Hall–Kier alpha value is -1.49. The van der Waals surface area contributed by atoms with Crippen LogP contribution in [0.25, 0.3) is 10.9 Å². The zero-order valence-electron chi connectivity index (χ0n) is 11.7. The maximum atomic E-state index is 12.8. The van der Waals surface area contributed by atoms with Crippen LogP contribution in [0.15, 0.2) is 24.3 Å². The van der Waals surface area contributed by atoms with Crippen LogP contribution in [-0.4, -0.2) is 11.1 Å². The summed E-state index contributed by atoms with van der Waals surface area (Å²) in [5, 5.41) is 0.846. The molecule has 2 N–H and O–H groups in total. The van der Waals surface area contributed by atoms with Gasteiger partial charge in [-0.25, -0.2) is 0 Å². The van der Waals surface area contributed by atoms with Crippen LogP contribution in [0.2, 0.25) is 0 Å². The van der Waals surface area contributed by atoms with Crippen molar-refractivity contribution in [3.8, 4) is 0 Å². The van der Waals surface area contributed by atoms with Gasteiger partial charge in [0.1, 0.15) is 0 Å². The number of benzene rings is 1. The zero-order chi connectivity index (χ0) is 14.9. The Kier molecular flexibility index (Phi) is 4.09. The van der Waals surface area contributed by atoms with Crippen LogP contribution in [0.1, 0.15) is 37.6 Å². The summed E-state index contributed by atoms with van der Waals surface area (Å²) in [5.41, 5.74) is 6.60. The highest BCUT2D eigenvalue weighted by atomic mass is 19.4. The molecule has 2 nitrogen and oxygen atoms in total. The third kappa shape index (κ3) is 2.82. The number of fused-ring (bicyclic) bond motifs is 1. The monoisotopic (exact) mass is 284 g/mol. The van der Waals surface area contributed by atoms with Crippen LogP contribution in [0.3, 0.4) is 0 Å². The van der Waals surface area contributed by atoms with Gasteiger partial charge in [-0.2, -0.15) is 13.2 Å². The summed E-state index contributed by atoms with van der Waals surface area (Å²) in [6.07, 6.45) is -2.70. The molecule has 20 heavy (non-hydrogen) atoms. The number of hydrogen-bond donors (Lipinski definition) is 1. The molecule has 0 bridgehead atoms. The molecule has 2 aromatic rings. The van der Waals surface area contributed by atoms with Crippen molar-refractivity contribution >= 4 is 10.9 Å². The second-order valence-corrected chi connectivity index (χ2v) is 5.26. The van der Waals surface area contributed by atoms with Gasteiger partial charge in [-0.15, -0.1) is 0 Å². The second kappa shape index (κ2) is 5.48. The average molecular weight is 284 g/mol. The lowest BCUT2D eigenvalue weighted by molar-refractivity contribution is -0.137. The average Bonchev–Trinajstić information content (AvgIpc) is 2.72. The second-order valence-electron chi connectivity index (χ2n) is 5.26. The minimum atomic E-state index is -4.31. The first kappa shape index (κ1) is 14.9. The number of aromatic nitrogens is 1. The van der Waals surface area contributed by atoms with Gasteiger partial charge in [-0.05, 0) is 56.8 Å². The number of alkyl halides is 3. The zero-order valence-corrected chi connectivity index (χ0v) is 11.7. The first-order valence-electron chi connectivity index (χ1n) is 6.75. The van der Waals surface area contributed by atoms with Gasteiger partial charge in [-0.1, -0.05) is 6.07 Å². The molecule has 0 amide bonds. The molecular formula is C15H19F3N2. The number of halogens is 3. The summed E-state index contributed by atoms with van der Waals surface area (Å²) in [4.78, 5) is 0. The fourth-order valence-electron chi connectivity index (χ4n) is 2.54. The molecule has 0 aliphatic rings. The Morgan fingerprint density at radius 1 is 1.20 bits per heavy atom. The largest absolute Gasteiger partial charge is 0.416 e. The van der Waals surface area contributed by atoms with Gasteiger partial charge in [0.05, 0.1) is 5.56 Å². The maximum absolute atomic E-state index is 12.8. The first-order valence-corrected chi connectivity index (χ1v) is 6.75. The van der Waals surface area contributed by atoms with Gasteiger partial charge in [0.25, 0.3) is 0 Å². The molecule has 0 spiro atoms. The van der Waals surface area contributed by atoms with E-state index in [9.17, 15) is 13.2 Å². The van der Waals surface area contributed by atoms with E-state index >= 15 is 0 Å². The standard InChI is InChI=1S/C15H19F3N2/c1-10(2)20-13(4-3-7-19)8-11-5-6-12(9-14(11)20)15(16,17)18/h5-6,8-10H,3-4,7,19H2,1-2H3. The summed E-state index contributed by atoms with van der Waals surface area (Å²) in [7, 11) is 0. The Morgan fingerprint density at radius 3 is 2.45 bits per heavy atom. The summed E-state index contributed by atoms with van der Waals surface area (Å²) in [6.45, 7) is 4.53. The van der Waals surface area contributed by atoms with E-state index in [2.05, 4.69) is 0 Å². The van der Waals surface area contributed by atoms with E-state index in [0.29, 0.717) is 12.1 Å². The van der Waals surface area contributed by atoms with Crippen LogP contribution in [0, 0.1) is 0 Å². The van der Waals surface area contributed by atoms with Crippen LogP contribution in [0.5, 0.6) is 0 Å². The minimum Gasteiger partial charge on any atom is -0.342 e. The third-order valence-electron chi connectivity index (χ3n) is 3.40. The van der Waals surface area contributed by atoms with E-state index in [1.165, 1.54) is 6.07 Å². The van der Waals surface area contributed by atoms with Gasteiger partial charge in [0.15, 0.2) is 0 Å². The van der Waals surface area contributed by atoms with E-state index in [1.807, 2.05) is 24.5 Å². The van der Waals surface area contributed by atoms with Crippen molar-refractivity contribution < 1.29 is 13.2 Å². The van der Waals surface area contributed by atoms with Crippen molar-refractivity contribution in [2.24, 2.45) is 5.73 Å². The van der Waals surface area contributed by atoms with Crippen LogP contribution >= 0.6 is 0 Å². The van der Waals surface area contributed by atoms with Gasteiger partial charge in [0.2, 0.25) is 0 Å². The number of nitrogens with two attached hydrogens (primary N) is 1. The summed E-state index contributed by atoms with van der Waals surface area (Å²) in [5.74, 6) is 0. The van der Waals surface area contributed by atoms with E-state index in [1.54, 1.807) is 6.07 Å². The molecule has 0 aliphatic carbocycles. The molecule has 0 saturated heterocycles. The molecule has 0 radical (unpaired) electrons. The molecule has 2 rings (SSSR count). The van der Waals surface area contributed by atoms with Crippen molar-refractivity contribution in [2.75, 3.05) is 6.54 Å². The van der Waals surface area contributed by atoms with Gasteiger partial charge < -0.3 is 10.3 Å². The minimum absolute atomic E-state index is 0.115. The van der Waals surface area contributed by atoms with Crippen molar-refractivity contribution in [2.45, 2.75) is 38.9 Å². The Bertz CT molecular complexity index is 597. The number of hydrogen-bond acceptors (Lipinski definition) is 1. The van der Waals surface area contributed by atoms with Crippen LogP contribution in [0.4, 0.5) is 13.2 Å². The smallest absolute Gasteiger partial charge is 0.342 e. The summed E-state index contributed by atoms with van der Waals surface area (Å²) >= 11 is 0. The fraction of sp³-hybridized carbons (Fsp3) is 0.467. The lowest BCUT2D eigenvalue weighted by atomic mass is 10.1. The Balaban J connectivity index is 2.58. The van der Waals surface area contributed by atoms with Gasteiger partial charge >= 0.3 is 6.18 Å². The normalized spacial score (nSPS) is 12.6. The predicted molar refractivity (Wildman–Crippen MR) is 74.7 cm³/mol. The molecule has 110 valence electrons. The Morgan fingerprint density at radius 2 is 1.90 bits per heavy atom. The lowest BCUT2D eigenvalue weighted by Crippen LogP contribution is -2.09. The molecule has 0 aliphatic heterocycles. The maximum Gasteiger partial charge on any atom is 0.416 e. The lowest BCUT2D eigenvalue weighted by Gasteiger charge is -2.15. The highest BCUT2D eigenvalue weighted by molar-refractivity contribution is 5.82. The van der Waals surface area contributed by atoms with Crippen molar-refractivity contribution in [1.29, 1.82) is 0 Å². The van der Waals surface area contributed by atoms with Crippen molar-refractivity contribution in [3.05, 3.63) is 35.5 Å². The highest BCUT2D eigenvalue weighted by Crippen LogP contribution is 2.33. The summed E-state index contributed by atoms with van der Waals surface area (Å²) in [6, 6.07) is 6.00. The predicted octanol–water partition coefficient (Wildman–Crippen LogP) is 4.13. The molecule has 1 aromatic heterocycles. The van der Waals surface area contributed by atoms with Gasteiger partial charge in [0, 0.05) is 17.3 Å². The number of nitrogens with zero attached hydrogens (tertiary/aromatic N) is 1. The van der Waals surface area contributed by atoms with Crippen molar-refractivity contribution in [3.63, 3.8) is 0 Å².